The van der Waals surface area contributed by atoms with Crippen molar-refractivity contribution in [3.8, 4) is 5.82 Å². The number of nitrogens with one attached hydrogen (secondary N) is 1. The molecule has 1 atom stereocenters. The first-order valence-corrected chi connectivity index (χ1v) is 6.46. The highest BCUT2D eigenvalue weighted by molar-refractivity contribution is 5.91. The molecule has 0 spiro atoms. The van der Waals surface area contributed by atoms with E-state index >= 15 is 0 Å². The van der Waals surface area contributed by atoms with Crippen molar-refractivity contribution in [2.24, 2.45) is 5.92 Å². The third kappa shape index (κ3) is 2.71. The number of hydrogen-bond donors (Lipinski definition) is 1. The number of anilines is 1. The molecular formula is C13H14N6O. The lowest BCUT2D eigenvalue weighted by Gasteiger charge is -2.16. The number of carbonyl (C=O) groups is 1. The van der Waals surface area contributed by atoms with Crippen LogP contribution in [0, 0.1) is 5.92 Å². The molecule has 2 aromatic rings. The third-order valence-electron chi connectivity index (χ3n) is 3.20. The first-order valence-electron chi connectivity index (χ1n) is 6.46. The molecule has 20 heavy (non-hydrogen) atoms. The molecular weight excluding hydrogens is 256 g/mol. The summed E-state index contributed by atoms with van der Waals surface area (Å²) in [4.78, 5) is 24.1. The number of amides is 1. The second kappa shape index (κ2) is 5.60. The van der Waals surface area contributed by atoms with Gasteiger partial charge in [0.05, 0.1) is 0 Å². The summed E-state index contributed by atoms with van der Waals surface area (Å²) in [5.41, 5.74) is 0. The first kappa shape index (κ1) is 12.5. The highest BCUT2D eigenvalue weighted by Crippen LogP contribution is 2.19. The summed E-state index contributed by atoms with van der Waals surface area (Å²) in [5, 5.41) is 6.82. The predicted octanol–water partition coefficient (Wildman–Crippen LogP) is 1.35. The summed E-state index contributed by atoms with van der Waals surface area (Å²) in [6, 6.07) is 1.67. The van der Waals surface area contributed by atoms with Gasteiger partial charge in [-0.2, -0.15) is 5.10 Å². The van der Waals surface area contributed by atoms with E-state index in [0.29, 0.717) is 11.6 Å². The highest BCUT2D eigenvalue weighted by Gasteiger charge is 2.19. The van der Waals surface area contributed by atoms with Gasteiger partial charge in [0.25, 0.3) is 0 Å². The van der Waals surface area contributed by atoms with Gasteiger partial charge in [0, 0.05) is 12.0 Å². The Bertz CT molecular complexity index is 622. The molecule has 0 bridgehead atoms. The van der Waals surface area contributed by atoms with Crippen LogP contribution >= 0.6 is 0 Å². The molecule has 7 heteroatoms. The lowest BCUT2D eigenvalue weighted by atomic mass is 9.94. The van der Waals surface area contributed by atoms with E-state index in [9.17, 15) is 4.79 Å². The van der Waals surface area contributed by atoms with Crippen LogP contribution < -0.4 is 5.32 Å². The molecule has 1 amide bonds. The number of hydrogen-bond acceptors (Lipinski definition) is 5. The monoisotopic (exact) mass is 270 g/mol. The minimum Gasteiger partial charge on any atom is -0.310 e. The van der Waals surface area contributed by atoms with Gasteiger partial charge in [-0.05, 0) is 19.3 Å². The van der Waals surface area contributed by atoms with Crippen molar-refractivity contribution in [2.75, 3.05) is 5.32 Å². The third-order valence-corrected chi connectivity index (χ3v) is 3.20. The van der Waals surface area contributed by atoms with E-state index in [4.69, 9.17) is 0 Å². The molecule has 0 aliphatic heterocycles. The highest BCUT2D eigenvalue weighted by atomic mass is 16.1. The summed E-state index contributed by atoms with van der Waals surface area (Å²) in [7, 11) is 0. The number of carbonyl (C=O) groups excluding carboxylic acids is 1. The lowest BCUT2D eigenvalue weighted by Crippen LogP contribution is -2.24. The molecule has 1 aliphatic rings. The van der Waals surface area contributed by atoms with Crippen LogP contribution in [0.4, 0.5) is 5.82 Å². The maximum Gasteiger partial charge on any atom is 0.228 e. The Morgan fingerprint density at radius 3 is 3.00 bits per heavy atom. The van der Waals surface area contributed by atoms with Crippen LogP contribution in [0.1, 0.15) is 19.3 Å². The summed E-state index contributed by atoms with van der Waals surface area (Å²) in [6.45, 7) is 0. The van der Waals surface area contributed by atoms with E-state index in [0.717, 1.165) is 19.3 Å². The molecule has 0 saturated carbocycles. The fourth-order valence-electron chi connectivity index (χ4n) is 2.13. The van der Waals surface area contributed by atoms with E-state index in [1.807, 2.05) is 0 Å². The minimum atomic E-state index is -0.00223. The SMILES string of the molecule is O=C(Nc1cc(-n2cncn2)ncn1)[C@@H]1CC=CCC1. The van der Waals surface area contributed by atoms with Gasteiger partial charge in [0.2, 0.25) is 5.91 Å². The zero-order valence-electron chi connectivity index (χ0n) is 10.8. The normalized spacial score (nSPS) is 17.9. The Kier molecular flexibility index (Phi) is 3.49. The van der Waals surface area contributed by atoms with Gasteiger partial charge in [-0.3, -0.25) is 4.79 Å². The maximum atomic E-state index is 12.1. The van der Waals surface area contributed by atoms with Crippen molar-refractivity contribution in [1.29, 1.82) is 0 Å². The molecule has 0 saturated heterocycles. The van der Waals surface area contributed by atoms with E-state index in [1.165, 1.54) is 17.3 Å². The van der Waals surface area contributed by atoms with Gasteiger partial charge >= 0.3 is 0 Å². The molecule has 1 N–H and O–H groups in total. The molecule has 0 fully saturated rings. The number of allylic oxidation sites excluding steroid dienone is 2. The van der Waals surface area contributed by atoms with E-state index in [1.54, 1.807) is 12.4 Å². The Morgan fingerprint density at radius 2 is 2.25 bits per heavy atom. The minimum absolute atomic E-state index is 0.00223. The molecule has 102 valence electrons. The van der Waals surface area contributed by atoms with Crippen LogP contribution in [0.25, 0.3) is 5.82 Å². The molecule has 3 rings (SSSR count). The fourth-order valence-corrected chi connectivity index (χ4v) is 2.13. The van der Waals surface area contributed by atoms with E-state index in [2.05, 4.69) is 37.5 Å². The summed E-state index contributed by atoms with van der Waals surface area (Å²) in [5.74, 6) is 1.06. The van der Waals surface area contributed by atoms with Crippen LogP contribution in [0.2, 0.25) is 0 Å². The average molecular weight is 270 g/mol. The molecule has 0 unspecified atom stereocenters. The largest absolute Gasteiger partial charge is 0.310 e. The van der Waals surface area contributed by atoms with Crippen LogP contribution in [-0.4, -0.2) is 30.6 Å². The molecule has 1 aliphatic carbocycles. The zero-order chi connectivity index (χ0) is 13.8. The summed E-state index contributed by atoms with van der Waals surface area (Å²) < 4.78 is 1.51. The Hall–Kier alpha value is -2.57. The van der Waals surface area contributed by atoms with Crippen molar-refractivity contribution in [1.82, 2.24) is 24.7 Å². The Labute approximate surface area is 115 Å². The second-order valence-electron chi connectivity index (χ2n) is 4.57. The summed E-state index contributed by atoms with van der Waals surface area (Å²) >= 11 is 0. The first-order chi connectivity index (χ1) is 9.83. The van der Waals surface area contributed by atoms with Crippen molar-refractivity contribution in [3.63, 3.8) is 0 Å². The van der Waals surface area contributed by atoms with E-state index in [-0.39, 0.29) is 11.8 Å². The topological polar surface area (TPSA) is 85.6 Å². The fraction of sp³-hybridized carbons (Fsp3) is 0.308. The van der Waals surface area contributed by atoms with Crippen molar-refractivity contribution in [2.45, 2.75) is 19.3 Å². The Balaban J connectivity index is 1.73. The van der Waals surface area contributed by atoms with Crippen LogP contribution in [-0.2, 0) is 4.79 Å². The molecule has 2 heterocycles. The molecule has 0 aromatic carbocycles. The number of rotatable bonds is 3. The summed E-state index contributed by atoms with van der Waals surface area (Å²) in [6.07, 6.45) is 11.1. The van der Waals surface area contributed by atoms with Gasteiger partial charge in [-0.25, -0.2) is 19.6 Å². The average Bonchev–Trinajstić information content (AvgIpc) is 3.03. The van der Waals surface area contributed by atoms with Gasteiger partial charge < -0.3 is 5.32 Å². The van der Waals surface area contributed by atoms with Gasteiger partial charge in [-0.1, -0.05) is 12.2 Å². The number of nitrogens with zero attached hydrogens (tertiary/aromatic N) is 5. The van der Waals surface area contributed by atoms with Crippen molar-refractivity contribution in [3.05, 3.63) is 37.2 Å². The maximum absolute atomic E-state index is 12.1. The van der Waals surface area contributed by atoms with Crippen LogP contribution in [0.15, 0.2) is 37.2 Å². The predicted molar refractivity (Wildman–Crippen MR) is 72.1 cm³/mol. The van der Waals surface area contributed by atoms with Crippen LogP contribution in [0.3, 0.4) is 0 Å². The number of aromatic nitrogens is 5. The van der Waals surface area contributed by atoms with Crippen molar-refractivity contribution < 1.29 is 4.79 Å². The van der Waals surface area contributed by atoms with Gasteiger partial charge in [0.15, 0.2) is 5.82 Å². The van der Waals surface area contributed by atoms with Crippen LogP contribution in [0.5, 0.6) is 0 Å². The standard InChI is InChI=1S/C13H14N6O/c20-13(10-4-2-1-3-5-10)18-11-6-12(16-8-15-11)19-9-14-7-17-19/h1-2,6-10H,3-5H2,(H,15,16,18,20)/t10-/m1/s1. The molecule has 2 aromatic heterocycles. The van der Waals surface area contributed by atoms with Gasteiger partial charge in [0.1, 0.15) is 24.8 Å². The van der Waals surface area contributed by atoms with E-state index < -0.39 is 0 Å². The van der Waals surface area contributed by atoms with Gasteiger partial charge in [-0.15, -0.1) is 0 Å². The quantitative estimate of drug-likeness (QED) is 0.851. The Morgan fingerprint density at radius 1 is 1.30 bits per heavy atom. The zero-order valence-corrected chi connectivity index (χ0v) is 10.8. The second-order valence-corrected chi connectivity index (χ2v) is 4.57. The smallest absolute Gasteiger partial charge is 0.228 e. The molecule has 0 radical (unpaired) electrons. The van der Waals surface area contributed by atoms with Crippen molar-refractivity contribution >= 4 is 11.7 Å². The lowest BCUT2D eigenvalue weighted by molar-refractivity contribution is -0.120. The molecule has 7 nitrogen and oxygen atoms in total.